The Balaban J connectivity index is 1.66. The van der Waals surface area contributed by atoms with Crippen LogP contribution in [0.5, 0.6) is 11.5 Å². The van der Waals surface area contributed by atoms with E-state index in [-0.39, 0.29) is 12.1 Å². The molecule has 4 N–H and O–H groups in total. The molecule has 6 nitrogen and oxygen atoms in total. The average Bonchev–Trinajstić information content (AvgIpc) is 2.76. The number of rotatable bonds is 6. The second-order valence-electron chi connectivity index (χ2n) is 7.56. The van der Waals surface area contributed by atoms with Crippen LogP contribution in [0.15, 0.2) is 67.0 Å². The van der Waals surface area contributed by atoms with Crippen LogP contribution in [-0.2, 0) is 0 Å². The Morgan fingerprint density at radius 3 is 2.60 bits per heavy atom. The first kappa shape index (κ1) is 19.9. The molecular weight excluding hydrogens is 378 g/mol. The third kappa shape index (κ3) is 4.60. The molecule has 154 valence electrons. The zero-order valence-electron chi connectivity index (χ0n) is 16.6. The highest BCUT2D eigenvalue weighted by Crippen LogP contribution is 2.35. The minimum absolute atomic E-state index is 0.198. The first-order valence-corrected chi connectivity index (χ1v) is 10.2. The van der Waals surface area contributed by atoms with Crippen molar-refractivity contribution in [1.82, 2.24) is 4.98 Å². The van der Waals surface area contributed by atoms with E-state index in [1.807, 2.05) is 48.5 Å². The van der Waals surface area contributed by atoms with Crippen LogP contribution in [0.3, 0.4) is 0 Å². The van der Waals surface area contributed by atoms with Crippen LogP contribution in [-0.4, -0.2) is 28.1 Å². The van der Waals surface area contributed by atoms with Crippen molar-refractivity contribution in [3.63, 3.8) is 0 Å². The van der Waals surface area contributed by atoms with E-state index < -0.39 is 5.91 Å². The van der Waals surface area contributed by atoms with E-state index in [2.05, 4.69) is 10.3 Å². The zero-order valence-corrected chi connectivity index (χ0v) is 16.6. The molecule has 3 aromatic rings. The normalized spacial score (nSPS) is 18.6. The van der Waals surface area contributed by atoms with Crippen LogP contribution in [0.1, 0.15) is 36.0 Å². The number of amides is 1. The number of carbonyl (C=O) groups is 1. The van der Waals surface area contributed by atoms with Crippen molar-refractivity contribution in [2.24, 2.45) is 5.73 Å². The number of aromatic nitrogens is 1. The van der Waals surface area contributed by atoms with E-state index in [4.69, 9.17) is 10.5 Å². The van der Waals surface area contributed by atoms with Crippen LogP contribution in [0.2, 0.25) is 0 Å². The Hall–Kier alpha value is -3.38. The maximum absolute atomic E-state index is 12.0. The van der Waals surface area contributed by atoms with Gasteiger partial charge in [-0.25, -0.2) is 0 Å². The quantitative estimate of drug-likeness (QED) is 0.568. The lowest BCUT2D eigenvalue weighted by Gasteiger charge is -2.28. The largest absolute Gasteiger partial charge is 0.455 e. The molecule has 1 saturated carbocycles. The maximum Gasteiger partial charge on any atom is 0.250 e. The van der Waals surface area contributed by atoms with Gasteiger partial charge in [-0.05, 0) is 61.6 Å². The number of anilines is 1. The number of benzene rings is 2. The fraction of sp³-hybridized carbons (Fsp3) is 0.250. The van der Waals surface area contributed by atoms with Gasteiger partial charge >= 0.3 is 0 Å². The topological polar surface area (TPSA) is 97.5 Å². The average molecular weight is 403 g/mol. The molecule has 6 heteroatoms. The number of para-hydroxylation sites is 1. The number of nitrogens with one attached hydrogen (secondary N) is 1. The van der Waals surface area contributed by atoms with Gasteiger partial charge in [-0.1, -0.05) is 24.3 Å². The fourth-order valence-corrected chi connectivity index (χ4v) is 3.81. The van der Waals surface area contributed by atoms with Gasteiger partial charge in [0, 0.05) is 23.5 Å². The summed E-state index contributed by atoms with van der Waals surface area (Å²) in [5.41, 5.74) is 8.59. The number of carbonyl (C=O) groups excluding carboxylic acids is 1. The van der Waals surface area contributed by atoms with Crippen molar-refractivity contribution in [1.29, 1.82) is 0 Å². The van der Waals surface area contributed by atoms with Gasteiger partial charge in [0.25, 0.3) is 5.91 Å². The monoisotopic (exact) mass is 403 g/mol. The molecule has 1 aromatic heterocycles. The third-order valence-electron chi connectivity index (χ3n) is 5.40. The van der Waals surface area contributed by atoms with Crippen molar-refractivity contribution < 1.29 is 14.6 Å². The number of hydrogen-bond donors (Lipinski definition) is 3. The lowest BCUT2D eigenvalue weighted by atomic mass is 9.92. The zero-order chi connectivity index (χ0) is 20.9. The van der Waals surface area contributed by atoms with Gasteiger partial charge in [0.1, 0.15) is 11.5 Å². The molecule has 1 heterocycles. The lowest BCUT2D eigenvalue weighted by Crippen LogP contribution is -2.29. The van der Waals surface area contributed by atoms with Gasteiger partial charge in [0.2, 0.25) is 0 Å². The number of aliphatic hydroxyl groups excluding tert-OH is 1. The van der Waals surface area contributed by atoms with Gasteiger partial charge < -0.3 is 20.9 Å². The van der Waals surface area contributed by atoms with Gasteiger partial charge in [0.15, 0.2) is 0 Å². The summed E-state index contributed by atoms with van der Waals surface area (Å²) in [6, 6.07) is 17.2. The van der Waals surface area contributed by atoms with Crippen LogP contribution < -0.4 is 15.8 Å². The number of aliphatic hydroxyl groups is 1. The number of nitrogens with two attached hydrogens (primary N) is 1. The highest BCUT2D eigenvalue weighted by atomic mass is 16.5. The van der Waals surface area contributed by atoms with E-state index in [0.29, 0.717) is 22.7 Å². The van der Waals surface area contributed by atoms with Crippen LogP contribution >= 0.6 is 0 Å². The highest BCUT2D eigenvalue weighted by molar-refractivity contribution is 5.99. The van der Waals surface area contributed by atoms with Gasteiger partial charge in [-0.3, -0.25) is 9.78 Å². The first-order chi connectivity index (χ1) is 14.6. The maximum atomic E-state index is 12.0. The van der Waals surface area contributed by atoms with Gasteiger partial charge in [-0.2, -0.15) is 0 Å². The molecule has 0 saturated heterocycles. The third-order valence-corrected chi connectivity index (χ3v) is 5.40. The number of pyridine rings is 1. The Labute approximate surface area is 175 Å². The Morgan fingerprint density at radius 1 is 1.07 bits per heavy atom. The summed E-state index contributed by atoms with van der Waals surface area (Å²) in [4.78, 5) is 16.1. The van der Waals surface area contributed by atoms with Crippen LogP contribution in [0.25, 0.3) is 11.1 Å². The molecule has 0 atom stereocenters. The van der Waals surface area contributed by atoms with Crippen LogP contribution in [0, 0.1) is 0 Å². The van der Waals surface area contributed by atoms with Crippen LogP contribution in [0.4, 0.5) is 5.69 Å². The fourth-order valence-electron chi connectivity index (χ4n) is 3.81. The molecule has 0 bridgehead atoms. The summed E-state index contributed by atoms with van der Waals surface area (Å²) in [7, 11) is 0. The second kappa shape index (κ2) is 8.97. The van der Waals surface area contributed by atoms with E-state index >= 15 is 0 Å². The smallest absolute Gasteiger partial charge is 0.250 e. The van der Waals surface area contributed by atoms with Crippen molar-refractivity contribution in [2.75, 3.05) is 5.32 Å². The molecule has 1 fully saturated rings. The Bertz CT molecular complexity index is 1020. The lowest BCUT2D eigenvalue weighted by molar-refractivity contribution is 0.100. The molecule has 4 rings (SSSR count). The summed E-state index contributed by atoms with van der Waals surface area (Å²) >= 11 is 0. The van der Waals surface area contributed by atoms with Gasteiger partial charge in [-0.15, -0.1) is 0 Å². The molecular formula is C24H25N3O3. The van der Waals surface area contributed by atoms with Gasteiger partial charge in [0.05, 0.1) is 17.9 Å². The van der Waals surface area contributed by atoms with Crippen molar-refractivity contribution in [3.8, 4) is 22.6 Å². The molecule has 1 amide bonds. The molecule has 2 aromatic carbocycles. The van der Waals surface area contributed by atoms with Crippen molar-refractivity contribution >= 4 is 11.6 Å². The predicted octanol–water partition coefficient (Wildman–Crippen LogP) is 4.36. The number of ether oxygens (including phenoxy) is 1. The molecule has 0 spiro atoms. The number of hydrogen-bond acceptors (Lipinski definition) is 5. The van der Waals surface area contributed by atoms with E-state index in [1.54, 1.807) is 18.5 Å². The molecule has 30 heavy (non-hydrogen) atoms. The number of nitrogens with zero attached hydrogens (tertiary/aromatic N) is 1. The van der Waals surface area contributed by atoms with E-state index in [1.165, 1.54) is 0 Å². The first-order valence-electron chi connectivity index (χ1n) is 10.2. The Kier molecular flexibility index (Phi) is 5.95. The predicted molar refractivity (Wildman–Crippen MR) is 117 cm³/mol. The minimum Gasteiger partial charge on any atom is -0.455 e. The molecule has 0 aliphatic heterocycles. The number of primary amides is 1. The SMILES string of the molecule is NC(=O)c1ccc(-c2ccccc2Oc2cccnc2)cc1NC1CCC(O)CC1. The summed E-state index contributed by atoms with van der Waals surface area (Å²) in [5, 5.41) is 13.2. The summed E-state index contributed by atoms with van der Waals surface area (Å²) in [5.74, 6) is 0.877. The molecule has 1 aliphatic rings. The van der Waals surface area contributed by atoms with Crippen molar-refractivity contribution in [3.05, 3.63) is 72.6 Å². The summed E-state index contributed by atoms with van der Waals surface area (Å²) < 4.78 is 6.04. The molecule has 1 aliphatic carbocycles. The second-order valence-corrected chi connectivity index (χ2v) is 7.56. The van der Waals surface area contributed by atoms with E-state index in [9.17, 15) is 9.90 Å². The molecule has 0 radical (unpaired) electrons. The van der Waals surface area contributed by atoms with E-state index in [0.717, 1.165) is 36.8 Å². The standard InChI is InChI=1S/C24H25N3O3/c25-24(29)21-12-7-16(14-22(21)27-17-8-10-18(28)11-9-17)20-5-1-2-6-23(20)30-19-4-3-13-26-15-19/h1-7,12-15,17-18,27-28H,8-11H2,(H2,25,29). The summed E-state index contributed by atoms with van der Waals surface area (Å²) in [6.45, 7) is 0. The molecule has 0 unspecified atom stereocenters. The minimum atomic E-state index is -0.472. The van der Waals surface area contributed by atoms with Crippen molar-refractivity contribution in [2.45, 2.75) is 37.8 Å². The Morgan fingerprint density at radius 2 is 1.87 bits per heavy atom. The highest BCUT2D eigenvalue weighted by Gasteiger charge is 2.21. The summed E-state index contributed by atoms with van der Waals surface area (Å²) in [6.07, 6.45) is 6.34.